The molecule has 1 saturated heterocycles. The predicted molar refractivity (Wildman–Crippen MR) is 126 cm³/mol. The van der Waals surface area contributed by atoms with Crippen molar-refractivity contribution >= 4 is 11.6 Å². The highest BCUT2D eigenvalue weighted by Crippen LogP contribution is 2.45. The van der Waals surface area contributed by atoms with Crippen molar-refractivity contribution < 1.29 is 9.53 Å². The quantitative estimate of drug-likeness (QED) is 0.609. The summed E-state index contributed by atoms with van der Waals surface area (Å²) >= 11 is 0. The van der Waals surface area contributed by atoms with E-state index in [9.17, 15) is 4.79 Å². The highest BCUT2D eigenvalue weighted by Gasteiger charge is 2.44. The molecule has 0 N–H and O–H groups in total. The average molecular weight is 426 g/mol. The summed E-state index contributed by atoms with van der Waals surface area (Å²) in [4.78, 5) is 22.7. The Bertz CT molecular complexity index is 1220. The Balaban J connectivity index is 1.37. The molecule has 162 valence electrons. The van der Waals surface area contributed by atoms with Gasteiger partial charge in [0.25, 0.3) is 5.91 Å². The zero-order chi connectivity index (χ0) is 21.8. The van der Waals surface area contributed by atoms with Crippen LogP contribution in [0.1, 0.15) is 39.4 Å². The number of amides is 1. The number of anilines is 1. The van der Waals surface area contributed by atoms with Crippen molar-refractivity contribution in [2.45, 2.75) is 31.7 Å². The third-order valence-corrected chi connectivity index (χ3v) is 7.18. The summed E-state index contributed by atoms with van der Waals surface area (Å²) in [5.41, 5.74) is 7.51. The fraction of sp³-hybridized carbons (Fsp3) is 0.333. The number of hydrogen-bond donors (Lipinski definition) is 0. The van der Waals surface area contributed by atoms with Crippen LogP contribution < -0.4 is 9.64 Å². The van der Waals surface area contributed by atoms with Gasteiger partial charge in [0.1, 0.15) is 5.75 Å². The molecule has 1 aromatic heterocycles. The molecule has 0 spiro atoms. The molecule has 3 aliphatic heterocycles. The first kappa shape index (κ1) is 19.5. The zero-order valence-electron chi connectivity index (χ0n) is 18.5. The van der Waals surface area contributed by atoms with Crippen molar-refractivity contribution in [2.75, 3.05) is 31.6 Å². The van der Waals surface area contributed by atoms with E-state index in [1.54, 1.807) is 6.20 Å². The number of rotatable bonds is 2. The molecule has 2 aromatic carbocycles. The van der Waals surface area contributed by atoms with Crippen LogP contribution in [0.3, 0.4) is 0 Å². The molecule has 0 saturated carbocycles. The molecule has 4 heterocycles. The number of carbonyl (C=O) groups excluding carboxylic acids is 1. The summed E-state index contributed by atoms with van der Waals surface area (Å²) < 4.78 is 5.64. The first-order valence-electron chi connectivity index (χ1n) is 11.4. The first-order chi connectivity index (χ1) is 15.6. The third-order valence-electron chi connectivity index (χ3n) is 7.18. The van der Waals surface area contributed by atoms with Crippen molar-refractivity contribution in [1.29, 1.82) is 0 Å². The predicted octanol–water partition coefficient (Wildman–Crippen LogP) is 4.44. The monoisotopic (exact) mass is 425 g/mol. The summed E-state index contributed by atoms with van der Waals surface area (Å²) in [7, 11) is 2.17. The highest BCUT2D eigenvalue weighted by atomic mass is 16.5. The topological polar surface area (TPSA) is 45.7 Å². The minimum atomic E-state index is 0.0472. The lowest BCUT2D eigenvalue weighted by molar-refractivity contribution is 0.0964. The van der Waals surface area contributed by atoms with Gasteiger partial charge in [-0.2, -0.15) is 0 Å². The van der Waals surface area contributed by atoms with E-state index in [4.69, 9.17) is 4.74 Å². The Morgan fingerprint density at radius 3 is 2.91 bits per heavy atom. The molecule has 2 atom stereocenters. The maximum absolute atomic E-state index is 13.9. The van der Waals surface area contributed by atoms with Crippen LogP contribution in [0.5, 0.6) is 5.75 Å². The van der Waals surface area contributed by atoms with Crippen molar-refractivity contribution in [3.8, 4) is 16.9 Å². The van der Waals surface area contributed by atoms with Gasteiger partial charge in [-0.05, 0) is 67.9 Å². The number of ether oxygens (including phenoxy) is 1. The number of aryl methyl sites for hydroxylation is 1. The first-order valence-corrected chi connectivity index (χ1v) is 11.4. The molecule has 0 aliphatic carbocycles. The van der Waals surface area contributed by atoms with Gasteiger partial charge in [-0.1, -0.05) is 23.8 Å². The molecule has 0 bridgehead atoms. The lowest BCUT2D eigenvalue weighted by atomic mass is 9.88. The highest BCUT2D eigenvalue weighted by molar-refractivity contribution is 6.08. The second-order valence-electron chi connectivity index (χ2n) is 9.35. The number of benzene rings is 2. The van der Waals surface area contributed by atoms with Gasteiger partial charge in [0.05, 0.1) is 12.2 Å². The van der Waals surface area contributed by atoms with Crippen LogP contribution in [0, 0.1) is 6.92 Å². The molecule has 5 heteroatoms. The molecule has 0 unspecified atom stereocenters. The lowest BCUT2D eigenvalue weighted by Crippen LogP contribution is -2.47. The van der Waals surface area contributed by atoms with Gasteiger partial charge < -0.3 is 14.5 Å². The zero-order valence-corrected chi connectivity index (χ0v) is 18.5. The summed E-state index contributed by atoms with van der Waals surface area (Å²) in [5, 5.41) is 0. The van der Waals surface area contributed by atoms with Crippen molar-refractivity contribution in [1.82, 2.24) is 9.88 Å². The Hall–Kier alpha value is -3.18. The Kier molecular flexibility index (Phi) is 4.54. The number of nitrogens with zero attached hydrogens (tertiary/aromatic N) is 3. The largest absolute Gasteiger partial charge is 0.493 e. The van der Waals surface area contributed by atoms with Crippen LogP contribution in [0.2, 0.25) is 0 Å². The summed E-state index contributed by atoms with van der Waals surface area (Å²) in [6, 6.07) is 14.9. The van der Waals surface area contributed by atoms with Crippen molar-refractivity contribution in [2.24, 2.45) is 0 Å². The number of carbonyl (C=O) groups is 1. The van der Waals surface area contributed by atoms with Gasteiger partial charge in [-0.3, -0.25) is 9.78 Å². The molecule has 6 rings (SSSR count). The minimum absolute atomic E-state index is 0.0472. The van der Waals surface area contributed by atoms with Crippen molar-refractivity contribution in [3.63, 3.8) is 0 Å². The molecule has 5 nitrogen and oxygen atoms in total. The molecule has 1 amide bonds. The average Bonchev–Trinajstić information content (AvgIpc) is 3.40. The lowest BCUT2D eigenvalue weighted by Gasteiger charge is -2.36. The van der Waals surface area contributed by atoms with E-state index < -0.39 is 0 Å². The molecule has 3 aliphatic rings. The minimum Gasteiger partial charge on any atom is -0.493 e. The second kappa shape index (κ2) is 7.45. The Morgan fingerprint density at radius 1 is 1.09 bits per heavy atom. The number of pyridine rings is 1. The number of piperidine rings is 1. The molecule has 3 aromatic rings. The third kappa shape index (κ3) is 3.11. The van der Waals surface area contributed by atoms with Gasteiger partial charge in [-0.25, -0.2) is 0 Å². The van der Waals surface area contributed by atoms with E-state index in [0.717, 1.165) is 55.1 Å². The van der Waals surface area contributed by atoms with E-state index in [2.05, 4.69) is 54.2 Å². The van der Waals surface area contributed by atoms with Crippen LogP contribution >= 0.6 is 0 Å². The number of likely N-dealkylation sites (tertiary alicyclic amines) is 1. The van der Waals surface area contributed by atoms with Gasteiger partial charge in [0.2, 0.25) is 0 Å². The van der Waals surface area contributed by atoms with E-state index >= 15 is 0 Å². The molecular formula is C27H27N3O2. The van der Waals surface area contributed by atoms with E-state index in [0.29, 0.717) is 11.5 Å². The summed E-state index contributed by atoms with van der Waals surface area (Å²) in [6.07, 6.45) is 5.46. The van der Waals surface area contributed by atoms with Crippen LogP contribution in [-0.2, 0) is 6.42 Å². The van der Waals surface area contributed by atoms with Gasteiger partial charge >= 0.3 is 0 Å². The number of aromatic nitrogens is 1. The van der Waals surface area contributed by atoms with Crippen LogP contribution in [0.4, 0.5) is 5.69 Å². The Morgan fingerprint density at radius 2 is 2.00 bits per heavy atom. The van der Waals surface area contributed by atoms with Gasteiger partial charge in [0, 0.05) is 48.6 Å². The maximum atomic E-state index is 13.9. The molecular weight excluding hydrogens is 398 g/mol. The van der Waals surface area contributed by atoms with Crippen LogP contribution in [0.25, 0.3) is 11.1 Å². The number of hydrogen-bond acceptors (Lipinski definition) is 4. The standard InChI is InChI=1S/C27H27N3O2/c1-17-3-5-24-22(11-17)23-16-29(2)9-7-25(23)30(24)27(31)21-13-20(14-28-15-21)18-4-6-26-19(12-18)8-10-32-26/h3-6,11-15,23,25H,7-10,16H2,1-2H3/t23-,25-/m1/s1. The fourth-order valence-electron chi connectivity index (χ4n) is 5.57. The van der Waals surface area contributed by atoms with E-state index in [-0.39, 0.29) is 11.9 Å². The fourth-order valence-corrected chi connectivity index (χ4v) is 5.57. The number of fused-ring (bicyclic) bond motifs is 4. The van der Waals surface area contributed by atoms with E-state index in [1.807, 2.05) is 23.2 Å². The van der Waals surface area contributed by atoms with Crippen LogP contribution in [-0.4, -0.2) is 48.6 Å². The summed E-state index contributed by atoms with van der Waals surface area (Å²) in [6.45, 7) is 4.86. The summed E-state index contributed by atoms with van der Waals surface area (Å²) in [5.74, 6) is 1.37. The SMILES string of the molecule is Cc1ccc2c(c1)[C@H]1CN(C)CC[C@H]1N2C(=O)c1cncc(-c2ccc3c(c2)CCO3)c1. The normalized spacial score (nSPS) is 21.6. The second-order valence-corrected chi connectivity index (χ2v) is 9.35. The number of likely N-dealkylation sites (N-methyl/N-ethyl adjacent to an activating group) is 1. The molecule has 1 fully saturated rings. The van der Waals surface area contributed by atoms with Crippen LogP contribution in [0.15, 0.2) is 54.9 Å². The van der Waals surface area contributed by atoms with Crippen molar-refractivity contribution in [3.05, 3.63) is 77.1 Å². The van der Waals surface area contributed by atoms with Gasteiger partial charge in [-0.15, -0.1) is 0 Å². The molecule has 0 radical (unpaired) electrons. The Labute approximate surface area is 188 Å². The van der Waals surface area contributed by atoms with E-state index in [1.165, 1.54) is 16.7 Å². The van der Waals surface area contributed by atoms with Gasteiger partial charge in [0.15, 0.2) is 0 Å². The molecule has 32 heavy (non-hydrogen) atoms. The maximum Gasteiger partial charge on any atom is 0.260 e. The smallest absolute Gasteiger partial charge is 0.260 e.